The molecule has 11 heavy (non-hydrogen) atoms. The molecule has 0 saturated carbocycles. The lowest BCUT2D eigenvalue weighted by molar-refractivity contribution is 0.147. The maximum atomic E-state index is 13.0. The molecular formula is C8H15FN2. The first-order valence-corrected chi connectivity index (χ1v) is 3.91. The van der Waals surface area contributed by atoms with Gasteiger partial charge in [-0.15, -0.1) is 0 Å². The van der Waals surface area contributed by atoms with E-state index in [0.29, 0.717) is 6.54 Å². The summed E-state index contributed by atoms with van der Waals surface area (Å²) in [5.41, 5.74) is 6.44. The number of nitrogens with two attached hydrogens (primary N) is 1. The van der Waals surface area contributed by atoms with Crippen molar-refractivity contribution in [3.8, 4) is 0 Å². The van der Waals surface area contributed by atoms with Crippen LogP contribution in [0.25, 0.3) is 0 Å². The topological polar surface area (TPSA) is 29.3 Å². The third kappa shape index (κ3) is 1.93. The van der Waals surface area contributed by atoms with Crippen LogP contribution in [0.2, 0.25) is 0 Å². The van der Waals surface area contributed by atoms with Gasteiger partial charge < -0.3 is 10.6 Å². The fourth-order valence-electron chi connectivity index (χ4n) is 1.27. The van der Waals surface area contributed by atoms with Crippen LogP contribution in [0.1, 0.15) is 13.3 Å². The van der Waals surface area contributed by atoms with Crippen LogP contribution in [0.4, 0.5) is 4.39 Å². The van der Waals surface area contributed by atoms with Gasteiger partial charge in [-0.1, -0.05) is 6.58 Å². The molecule has 1 fully saturated rings. The lowest BCUT2D eigenvalue weighted by Gasteiger charge is -2.34. The van der Waals surface area contributed by atoms with Crippen molar-refractivity contribution in [3.63, 3.8) is 0 Å². The zero-order valence-electron chi connectivity index (χ0n) is 6.89. The van der Waals surface area contributed by atoms with E-state index in [0.717, 1.165) is 18.7 Å². The van der Waals surface area contributed by atoms with Crippen molar-refractivity contribution in [3.05, 3.63) is 12.3 Å². The first-order chi connectivity index (χ1) is 5.11. The Hall–Kier alpha value is -0.570. The number of allylic oxidation sites excluding steroid dienone is 1. The number of likely N-dealkylation sites (tertiary alicyclic amines) is 1. The third-order valence-corrected chi connectivity index (χ3v) is 2.13. The Morgan fingerprint density at radius 1 is 1.73 bits per heavy atom. The van der Waals surface area contributed by atoms with E-state index in [2.05, 4.69) is 6.58 Å². The molecule has 2 unspecified atom stereocenters. The number of hydrogen-bond donors (Lipinski definition) is 1. The van der Waals surface area contributed by atoms with Gasteiger partial charge in [-0.05, 0) is 13.3 Å². The molecular weight excluding hydrogens is 143 g/mol. The van der Waals surface area contributed by atoms with Gasteiger partial charge in [-0.25, -0.2) is 4.39 Å². The van der Waals surface area contributed by atoms with Crippen LogP contribution in [0.5, 0.6) is 0 Å². The molecule has 0 spiro atoms. The quantitative estimate of drug-likeness (QED) is 0.614. The van der Waals surface area contributed by atoms with E-state index in [1.165, 1.54) is 0 Å². The average molecular weight is 158 g/mol. The lowest BCUT2D eigenvalue weighted by Crippen LogP contribution is -2.47. The molecule has 1 saturated heterocycles. The number of nitrogens with zero attached hydrogens (tertiary/aromatic N) is 1. The Balaban J connectivity index is 2.46. The van der Waals surface area contributed by atoms with Crippen molar-refractivity contribution in [2.24, 2.45) is 5.73 Å². The molecule has 0 amide bonds. The van der Waals surface area contributed by atoms with Crippen molar-refractivity contribution in [2.75, 3.05) is 13.1 Å². The van der Waals surface area contributed by atoms with Crippen LogP contribution in [0.15, 0.2) is 12.3 Å². The highest BCUT2D eigenvalue weighted by Gasteiger charge is 2.25. The molecule has 2 nitrogen and oxygen atoms in total. The highest BCUT2D eigenvalue weighted by atomic mass is 19.1. The summed E-state index contributed by atoms with van der Waals surface area (Å²) >= 11 is 0. The highest BCUT2D eigenvalue weighted by Crippen LogP contribution is 2.15. The molecule has 1 aliphatic heterocycles. The largest absolute Gasteiger partial charge is 0.372 e. The number of alkyl halides is 1. The van der Waals surface area contributed by atoms with Gasteiger partial charge in [0.05, 0.1) is 6.54 Å². The van der Waals surface area contributed by atoms with E-state index >= 15 is 0 Å². The zero-order chi connectivity index (χ0) is 8.43. The smallest absolute Gasteiger partial charge is 0.133 e. The standard InChI is InChI=1S/C8H15FN2/c1-6(2)11-4-3-8(10)7(9)5-11/h7-8H,1,3-5,10H2,2H3. The average Bonchev–Trinajstić information content (AvgIpc) is 1.94. The van der Waals surface area contributed by atoms with Gasteiger partial charge in [0.15, 0.2) is 0 Å². The molecule has 1 rings (SSSR count). The predicted octanol–water partition coefficient (Wildman–Crippen LogP) is 0.891. The predicted molar refractivity (Wildman–Crippen MR) is 43.9 cm³/mol. The molecule has 2 N–H and O–H groups in total. The van der Waals surface area contributed by atoms with Crippen LogP contribution in [0, 0.1) is 0 Å². The minimum absolute atomic E-state index is 0.273. The fourth-order valence-corrected chi connectivity index (χ4v) is 1.27. The van der Waals surface area contributed by atoms with Gasteiger partial charge in [-0.2, -0.15) is 0 Å². The monoisotopic (exact) mass is 158 g/mol. The van der Waals surface area contributed by atoms with Gasteiger partial charge in [0, 0.05) is 18.3 Å². The minimum Gasteiger partial charge on any atom is -0.372 e. The van der Waals surface area contributed by atoms with Crippen molar-refractivity contribution in [1.29, 1.82) is 0 Å². The van der Waals surface area contributed by atoms with E-state index in [-0.39, 0.29) is 6.04 Å². The van der Waals surface area contributed by atoms with Gasteiger partial charge in [-0.3, -0.25) is 0 Å². The van der Waals surface area contributed by atoms with E-state index in [1.54, 1.807) is 0 Å². The fraction of sp³-hybridized carbons (Fsp3) is 0.750. The second-order valence-corrected chi connectivity index (χ2v) is 3.15. The summed E-state index contributed by atoms with van der Waals surface area (Å²) in [6, 6.07) is -0.273. The summed E-state index contributed by atoms with van der Waals surface area (Å²) in [5.74, 6) is 0. The number of halogens is 1. The Labute approximate surface area is 66.9 Å². The van der Waals surface area contributed by atoms with Crippen LogP contribution in [-0.2, 0) is 0 Å². The molecule has 0 aromatic rings. The van der Waals surface area contributed by atoms with Crippen LogP contribution < -0.4 is 5.73 Å². The molecule has 0 aromatic heterocycles. The van der Waals surface area contributed by atoms with E-state index in [1.807, 2.05) is 11.8 Å². The maximum Gasteiger partial charge on any atom is 0.133 e. The molecule has 64 valence electrons. The van der Waals surface area contributed by atoms with Gasteiger partial charge in [0.2, 0.25) is 0 Å². The summed E-state index contributed by atoms with van der Waals surface area (Å²) in [6.07, 6.45) is -0.158. The SMILES string of the molecule is C=C(C)N1CCC(N)C(F)C1. The van der Waals surface area contributed by atoms with Crippen molar-refractivity contribution < 1.29 is 4.39 Å². The molecule has 2 atom stereocenters. The number of rotatable bonds is 1. The lowest BCUT2D eigenvalue weighted by atomic mass is 10.0. The first-order valence-electron chi connectivity index (χ1n) is 3.91. The molecule has 0 radical (unpaired) electrons. The van der Waals surface area contributed by atoms with E-state index < -0.39 is 6.17 Å². The van der Waals surface area contributed by atoms with E-state index in [4.69, 9.17) is 5.73 Å². The molecule has 3 heteroatoms. The molecule has 1 aliphatic rings. The van der Waals surface area contributed by atoms with Crippen molar-refractivity contribution >= 4 is 0 Å². The normalized spacial score (nSPS) is 32.1. The second-order valence-electron chi connectivity index (χ2n) is 3.15. The second kappa shape index (κ2) is 3.22. The Morgan fingerprint density at radius 3 is 2.82 bits per heavy atom. The van der Waals surface area contributed by atoms with Gasteiger partial charge >= 0.3 is 0 Å². The summed E-state index contributed by atoms with van der Waals surface area (Å²) in [6.45, 7) is 6.91. The van der Waals surface area contributed by atoms with Gasteiger partial charge in [0.25, 0.3) is 0 Å². The number of piperidine rings is 1. The van der Waals surface area contributed by atoms with E-state index in [9.17, 15) is 4.39 Å². The number of hydrogen-bond acceptors (Lipinski definition) is 2. The van der Waals surface area contributed by atoms with Gasteiger partial charge in [0.1, 0.15) is 6.17 Å². The zero-order valence-corrected chi connectivity index (χ0v) is 6.89. The minimum atomic E-state index is -0.888. The van der Waals surface area contributed by atoms with Crippen molar-refractivity contribution in [2.45, 2.75) is 25.6 Å². The molecule has 1 heterocycles. The highest BCUT2D eigenvalue weighted by molar-refractivity contribution is 4.95. The van der Waals surface area contributed by atoms with Crippen LogP contribution >= 0.6 is 0 Å². The van der Waals surface area contributed by atoms with Crippen LogP contribution in [-0.4, -0.2) is 30.2 Å². The summed E-state index contributed by atoms with van der Waals surface area (Å²) in [4.78, 5) is 1.94. The Morgan fingerprint density at radius 2 is 2.36 bits per heavy atom. The van der Waals surface area contributed by atoms with Crippen molar-refractivity contribution in [1.82, 2.24) is 4.90 Å². The molecule has 0 aliphatic carbocycles. The Kier molecular flexibility index (Phi) is 2.49. The maximum absolute atomic E-state index is 13.0. The molecule has 0 bridgehead atoms. The summed E-state index contributed by atoms with van der Waals surface area (Å²) < 4.78 is 13.0. The van der Waals surface area contributed by atoms with Crippen LogP contribution in [0.3, 0.4) is 0 Å². The third-order valence-electron chi connectivity index (χ3n) is 2.13. The summed E-state index contributed by atoms with van der Waals surface area (Å²) in [5, 5.41) is 0. The Bertz CT molecular complexity index is 158. The first kappa shape index (κ1) is 8.53. The molecule has 0 aromatic carbocycles. The summed E-state index contributed by atoms with van der Waals surface area (Å²) in [7, 11) is 0.